The molecule has 5 heteroatoms. The smallest absolute Gasteiger partial charge is 0.320 e. The van der Waals surface area contributed by atoms with Gasteiger partial charge in [-0.05, 0) is 18.4 Å². The second kappa shape index (κ2) is 8.26. The molecule has 0 amide bonds. The molecule has 1 aromatic carbocycles. The number of nitrogens with two attached hydrogens (primary N) is 1. The van der Waals surface area contributed by atoms with E-state index in [1.165, 1.54) is 0 Å². The number of carbonyl (C=O) groups is 2. The van der Waals surface area contributed by atoms with Gasteiger partial charge in [-0.15, -0.1) is 0 Å². The van der Waals surface area contributed by atoms with Crippen molar-refractivity contribution in [1.29, 1.82) is 0 Å². The molecule has 0 bridgehead atoms. The van der Waals surface area contributed by atoms with Crippen molar-refractivity contribution in [3.63, 3.8) is 0 Å². The third-order valence-corrected chi connectivity index (χ3v) is 2.71. The number of unbranched alkanes of at least 4 members (excludes halogenated alkanes) is 1. The van der Waals surface area contributed by atoms with Gasteiger partial charge in [0.1, 0.15) is 12.6 Å². The zero-order valence-corrected chi connectivity index (χ0v) is 10.7. The van der Waals surface area contributed by atoms with Gasteiger partial charge in [-0.25, -0.2) is 0 Å². The van der Waals surface area contributed by atoms with E-state index >= 15 is 0 Å². The first kappa shape index (κ1) is 15.2. The van der Waals surface area contributed by atoms with Crippen LogP contribution in [0.15, 0.2) is 30.3 Å². The second-order valence-electron chi connectivity index (χ2n) is 4.34. The SMILES string of the molecule is N[C@@H](CCCCC(=O)OCc1ccccc1)C(=O)O. The molecule has 0 aliphatic carbocycles. The van der Waals surface area contributed by atoms with Crippen molar-refractivity contribution < 1.29 is 19.4 Å². The summed E-state index contributed by atoms with van der Waals surface area (Å²) in [7, 11) is 0. The number of rotatable bonds is 8. The average molecular weight is 265 g/mol. The topological polar surface area (TPSA) is 89.6 Å². The molecule has 19 heavy (non-hydrogen) atoms. The van der Waals surface area contributed by atoms with E-state index in [2.05, 4.69) is 0 Å². The summed E-state index contributed by atoms with van der Waals surface area (Å²) in [6, 6.07) is 8.60. The van der Waals surface area contributed by atoms with Gasteiger partial charge in [-0.1, -0.05) is 36.8 Å². The lowest BCUT2D eigenvalue weighted by molar-refractivity contribution is -0.145. The Kier molecular flexibility index (Phi) is 6.60. The van der Waals surface area contributed by atoms with Crippen LogP contribution in [0.4, 0.5) is 0 Å². The number of carboxylic acids is 1. The van der Waals surface area contributed by atoms with Gasteiger partial charge < -0.3 is 15.6 Å². The van der Waals surface area contributed by atoms with Crippen LogP contribution in [-0.4, -0.2) is 23.1 Å². The van der Waals surface area contributed by atoms with Crippen molar-refractivity contribution in [2.75, 3.05) is 0 Å². The van der Waals surface area contributed by atoms with Crippen LogP contribution < -0.4 is 5.73 Å². The van der Waals surface area contributed by atoms with Crippen molar-refractivity contribution in [3.8, 4) is 0 Å². The standard InChI is InChI=1S/C14H19NO4/c15-12(14(17)18)8-4-5-9-13(16)19-10-11-6-2-1-3-7-11/h1-3,6-7,12H,4-5,8-10,15H2,(H,17,18)/t12-/m0/s1. The highest BCUT2D eigenvalue weighted by Gasteiger charge is 2.11. The molecule has 0 saturated heterocycles. The van der Waals surface area contributed by atoms with Gasteiger partial charge in [0.15, 0.2) is 0 Å². The van der Waals surface area contributed by atoms with Gasteiger partial charge in [-0.2, -0.15) is 0 Å². The predicted molar refractivity (Wildman–Crippen MR) is 70.3 cm³/mol. The lowest BCUT2D eigenvalue weighted by atomic mass is 10.1. The molecule has 0 radical (unpaired) electrons. The Bertz CT molecular complexity index is 405. The Hall–Kier alpha value is -1.88. The van der Waals surface area contributed by atoms with E-state index in [9.17, 15) is 9.59 Å². The molecule has 0 saturated carbocycles. The minimum atomic E-state index is -1.01. The zero-order chi connectivity index (χ0) is 14.1. The van der Waals surface area contributed by atoms with Crippen LogP contribution in [0.1, 0.15) is 31.2 Å². The maximum atomic E-state index is 11.4. The highest BCUT2D eigenvalue weighted by Crippen LogP contribution is 2.06. The Balaban J connectivity index is 2.10. The fraction of sp³-hybridized carbons (Fsp3) is 0.429. The highest BCUT2D eigenvalue weighted by molar-refractivity contribution is 5.73. The predicted octanol–water partition coefficient (Wildman–Crippen LogP) is 1.70. The summed E-state index contributed by atoms with van der Waals surface area (Å²) >= 11 is 0. The van der Waals surface area contributed by atoms with Crippen LogP contribution in [0, 0.1) is 0 Å². The number of carbonyl (C=O) groups excluding carboxylic acids is 1. The zero-order valence-electron chi connectivity index (χ0n) is 10.7. The van der Waals surface area contributed by atoms with Crippen LogP contribution >= 0.6 is 0 Å². The van der Waals surface area contributed by atoms with E-state index in [0.29, 0.717) is 25.7 Å². The largest absolute Gasteiger partial charge is 0.480 e. The van der Waals surface area contributed by atoms with Crippen LogP contribution in [0.2, 0.25) is 0 Å². The van der Waals surface area contributed by atoms with Crippen molar-refractivity contribution in [2.45, 2.75) is 38.3 Å². The summed E-state index contributed by atoms with van der Waals surface area (Å²) in [5, 5.41) is 8.58. The van der Waals surface area contributed by atoms with Gasteiger partial charge in [0, 0.05) is 6.42 Å². The Morgan fingerprint density at radius 2 is 1.89 bits per heavy atom. The molecule has 0 aliphatic heterocycles. The fourth-order valence-electron chi connectivity index (χ4n) is 1.57. The first-order valence-electron chi connectivity index (χ1n) is 6.27. The number of benzene rings is 1. The number of ether oxygens (including phenoxy) is 1. The number of aliphatic carboxylic acids is 1. The molecule has 3 N–H and O–H groups in total. The molecular weight excluding hydrogens is 246 g/mol. The lowest BCUT2D eigenvalue weighted by Crippen LogP contribution is -2.29. The van der Waals surface area contributed by atoms with Crippen LogP contribution in [0.3, 0.4) is 0 Å². The molecule has 5 nitrogen and oxygen atoms in total. The summed E-state index contributed by atoms with van der Waals surface area (Å²) in [6.07, 6.45) is 1.86. The number of carboxylic acid groups (broad SMARTS) is 1. The first-order valence-corrected chi connectivity index (χ1v) is 6.27. The summed E-state index contributed by atoms with van der Waals surface area (Å²) in [6.45, 7) is 0.272. The molecule has 0 heterocycles. The maximum Gasteiger partial charge on any atom is 0.320 e. The van der Waals surface area contributed by atoms with Crippen LogP contribution in [0.5, 0.6) is 0 Å². The number of hydrogen-bond donors (Lipinski definition) is 2. The molecular formula is C14H19NO4. The first-order chi connectivity index (χ1) is 9.09. The van der Waals surface area contributed by atoms with Crippen molar-refractivity contribution in [1.82, 2.24) is 0 Å². The third-order valence-electron chi connectivity index (χ3n) is 2.71. The van der Waals surface area contributed by atoms with Crippen molar-refractivity contribution in [2.24, 2.45) is 5.73 Å². The van der Waals surface area contributed by atoms with E-state index in [1.54, 1.807) is 0 Å². The molecule has 0 aromatic heterocycles. The third kappa shape index (κ3) is 6.57. The Morgan fingerprint density at radius 3 is 2.53 bits per heavy atom. The Labute approximate surface area is 112 Å². The number of hydrogen-bond acceptors (Lipinski definition) is 4. The lowest BCUT2D eigenvalue weighted by Gasteiger charge is -2.06. The molecule has 1 rings (SSSR count). The van der Waals surface area contributed by atoms with Gasteiger partial charge in [-0.3, -0.25) is 9.59 Å². The molecule has 104 valence electrons. The van der Waals surface area contributed by atoms with Gasteiger partial charge in [0.05, 0.1) is 0 Å². The van der Waals surface area contributed by atoms with Gasteiger partial charge >= 0.3 is 11.9 Å². The van der Waals surface area contributed by atoms with Crippen LogP contribution in [0.25, 0.3) is 0 Å². The second-order valence-corrected chi connectivity index (χ2v) is 4.34. The minimum Gasteiger partial charge on any atom is -0.480 e. The van der Waals surface area contributed by atoms with Crippen molar-refractivity contribution in [3.05, 3.63) is 35.9 Å². The van der Waals surface area contributed by atoms with Gasteiger partial charge in [0.2, 0.25) is 0 Å². The number of esters is 1. The molecule has 0 fully saturated rings. The quantitative estimate of drug-likeness (QED) is 0.551. The molecule has 0 unspecified atom stereocenters. The summed E-state index contributed by atoms with van der Waals surface area (Å²) in [4.78, 5) is 21.9. The molecule has 0 spiro atoms. The van der Waals surface area contributed by atoms with E-state index in [4.69, 9.17) is 15.6 Å². The maximum absolute atomic E-state index is 11.4. The molecule has 0 aliphatic rings. The summed E-state index contributed by atoms with van der Waals surface area (Å²) < 4.78 is 5.10. The summed E-state index contributed by atoms with van der Waals surface area (Å²) in [5.41, 5.74) is 6.30. The van der Waals surface area contributed by atoms with E-state index in [0.717, 1.165) is 5.56 Å². The molecule has 1 aromatic rings. The fourth-order valence-corrected chi connectivity index (χ4v) is 1.57. The summed E-state index contributed by atoms with van der Waals surface area (Å²) in [5.74, 6) is -1.28. The van der Waals surface area contributed by atoms with Crippen molar-refractivity contribution >= 4 is 11.9 Å². The van der Waals surface area contributed by atoms with E-state index in [-0.39, 0.29) is 12.6 Å². The normalized spacial score (nSPS) is 11.8. The Morgan fingerprint density at radius 1 is 1.21 bits per heavy atom. The minimum absolute atomic E-state index is 0.271. The molecule has 1 atom stereocenters. The monoisotopic (exact) mass is 265 g/mol. The van der Waals surface area contributed by atoms with E-state index < -0.39 is 12.0 Å². The average Bonchev–Trinajstić information content (AvgIpc) is 2.42. The highest BCUT2D eigenvalue weighted by atomic mass is 16.5. The van der Waals surface area contributed by atoms with E-state index in [1.807, 2.05) is 30.3 Å². The van der Waals surface area contributed by atoms with Crippen LogP contribution in [-0.2, 0) is 20.9 Å². The van der Waals surface area contributed by atoms with Gasteiger partial charge in [0.25, 0.3) is 0 Å².